The van der Waals surface area contributed by atoms with Crippen molar-refractivity contribution in [2.75, 3.05) is 18.0 Å². The molecule has 1 aromatic carbocycles. The largest absolute Gasteiger partial charge is 0.411 e. The summed E-state index contributed by atoms with van der Waals surface area (Å²) >= 11 is 0. The van der Waals surface area contributed by atoms with Gasteiger partial charge >= 0.3 is 0 Å². The third kappa shape index (κ3) is 1.73. The zero-order valence-electron chi connectivity index (χ0n) is 9.76. The van der Waals surface area contributed by atoms with Crippen LogP contribution in [-0.4, -0.2) is 29.0 Å². The highest BCUT2D eigenvalue weighted by atomic mass is 16.4. The average Bonchev–Trinajstić information content (AvgIpc) is 2.87. The highest BCUT2D eigenvalue weighted by molar-refractivity contribution is 5.92. The monoisotopic (exact) mass is 243 g/mol. The predicted molar refractivity (Wildman–Crippen MR) is 70.6 cm³/mol. The van der Waals surface area contributed by atoms with Crippen LogP contribution in [0.3, 0.4) is 0 Å². The van der Waals surface area contributed by atoms with Crippen molar-refractivity contribution in [2.45, 2.75) is 6.42 Å². The second kappa shape index (κ2) is 4.18. The lowest BCUT2D eigenvalue weighted by molar-refractivity contribution is 0.318. The quantitative estimate of drug-likeness (QED) is 0.590. The van der Waals surface area contributed by atoms with Crippen LogP contribution in [0.2, 0.25) is 0 Å². The molecule has 92 valence electrons. The number of aromatic amines is 1. The molecule has 1 aliphatic heterocycles. The van der Waals surface area contributed by atoms with Gasteiger partial charge in [0.05, 0.1) is 17.8 Å². The van der Waals surface area contributed by atoms with Gasteiger partial charge in [0, 0.05) is 36.3 Å². The van der Waals surface area contributed by atoms with Crippen LogP contribution in [0.5, 0.6) is 0 Å². The average molecular weight is 243 g/mol. The number of hydrogen-bond acceptors (Lipinski definition) is 4. The van der Waals surface area contributed by atoms with E-state index in [0.29, 0.717) is 11.9 Å². The lowest BCUT2D eigenvalue weighted by Gasteiger charge is -2.17. The zero-order valence-corrected chi connectivity index (χ0v) is 9.76. The van der Waals surface area contributed by atoms with Gasteiger partial charge in [0.25, 0.3) is 0 Å². The first-order chi connectivity index (χ1) is 8.78. The second-order valence-corrected chi connectivity index (χ2v) is 4.41. The second-order valence-electron chi connectivity index (χ2n) is 4.41. The molecule has 1 aromatic heterocycles. The van der Waals surface area contributed by atoms with Crippen molar-refractivity contribution in [3.05, 3.63) is 40.7 Å². The fourth-order valence-corrected chi connectivity index (χ4v) is 2.30. The maximum absolute atomic E-state index is 11.6. The number of benzene rings is 1. The molecule has 0 unspecified atom stereocenters. The highest BCUT2D eigenvalue weighted by Gasteiger charge is 2.18. The molecule has 5 nitrogen and oxygen atoms in total. The first kappa shape index (κ1) is 10.8. The van der Waals surface area contributed by atoms with Crippen molar-refractivity contribution in [3.63, 3.8) is 0 Å². The fraction of sp³-hybridized carbons (Fsp3) is 0.231. The van der Waals surface area contributed by atoms with Crippen molar-refractivity contribution in [2.24, 2.45) is 5.16 Å². The SMILES string of the molecule is O=c1cc[nH]c2cc(N3CCC(=NO)C3)ccc12. The summed E-state index contributed by atoms with van der Waals surface area (Å²) in [6, 6.07) is 7.24. The number of nitrogens with zero attached hydrogens (tertiary/aromatic N) is 2. The molecule has 0 aliphatic carbocycles. The van der Waals surface area contributed by atoms with Crippen LogP contribution in [-0.2, 0) is 0 Å². The fourth-order valence-electron chi connectivity index (χ4n) is 2.30. The first-order valence-corrected chi connectivity index (χ1v) is 5.84. The molecular formula is C13H13N3O2. The Morgan fingerprint density at radius 3 is 3.00 bits per heavy atom. The van der Waals surface area contributed by atoms with E-state index in [9.17, 15) is 4.79 Å². The van der Waals surface area contributed by atoms with Gasteiger partial charge in [0.1, 0.15) is 0 Å². The lowest BCUT2D eigenvalue weighted by atomic mass is 10.2. The first-order valence-electron chi connectivity index (χ1n) is 5.84. The van der Waals surface area contributed by atoms with Gasteiger partial charge < -0.3 is 15.1 Å². The number of anilines is 1. The molecule has 1 aliphatic rings. The van der Waals surface area contributed by atoms with Gasteiger partial charge in [-0.25, -0.2) is 0 Å². The molecule has 0 spiro atoms. The number of aromatic nitrogens is 1. The maximum atomic E-state index is 11.6. The minimum atomic E-state index is 0.0225. The van der Waals surface area contributed by atoms with E-state index in [-0.39, 0.29) is 5.43 Å². The minimum absolute atomic E-state index is 0.0225. The topological polar surface area (TPSA) is 68.7 Å². The molecule has 0 bridgehead atoms. The Kier molecular flexibility index (Phi) is 2.51. The highest BCUT2D eigenvalue weighted by Crippen LogP contribution is 2.22. The van der Waals surface area contributed by atoms with Crippen molar-refractivity contribution >= 4 is 22.3 Å². The summed E-state index contributed by atoms with van der Waals surface area (Å²) in [5, 5.41) is 12.7. The van der Waals surface area contributed by atoms with E-state index < -0.39 is 0 Å². The van der Waals surface area contributed by atoms with Gasteiger partial charge in [0.15, 0.2) is 5.43 Å². The normalized spacial score (nSPS) is 17.8. The van der Waals surface area contributed by atoms with Crippen molar-refractivity contribution < 1.29 is 5.21 Å². The van der Waals surface area contributed by atoms with Crippen LogP contribution >= 0.6 is 0 Å². The van der Waals surface area contributed by atoms with Gasteiger partial charge in [-0.05, 0) is 18.2 Å². The summed E-state index contributed by atoms with van der Waals surface area (Å²) in [4.78, 5) is 16.8. The van der Waals surface area contributed by atoms with Gasteiger partial charge in [-0.2, -0.15) is 0 Å². The lowest BCUT2D eigenvalue weighted by Crippen LogP contribution is -2.19. The molecule has 5 heteroatoms. The molecule has 1 fully saturated rings. The molecule has 2 N–H and O–H groups in total. The molecule has 0 amide bonds. The Balaban J connectivity index is 2.02. The van der Waals surface area contributed by atoms with Crippen molar-refractivity contribution in [3.8, 4) is 0 Å². The van der Waals surface area contributed by atoms with Crippen LogP contribution in [0.1, 0.15) is 6.42 Å². The smallest absolute Gasteiger partial charge is 0.189 e. The van der Waals surface area contributed by atoms with E-state index in [1.807, 2.05) is 18.2 Å². The van der Waals surface area contributed by atoms with Crippen LogP contribution in [0.25, 0.3) is 10.9 Å². The van der Waals surface area contributed by atoms with E-state index in [1.165, 1.54) is 6.07 Å². The predicted octanol–water partition coefficient (Wildman–Crippen LogP) is 1.57. The summed E-state index contributed by atoms with van der Waals surface area (Å²) in [6.45, 7) is 1.47. The van der Waals surface area contributed by atoms with E-state index in [2.05, 4.69) is 15.0 Å². The molecule has 18 heavy (non-hydrogen) atoms. The summed E-state index contributed by atoms with van der Waals surface area (Å²) < 4.78 is 0. The van der Waals surface area contributed by atoms with Gasteiger partial charge in [-0.1, -0.05) is 5.16 Å². The Morgan fingerprint density at radius 1 is 1.33 bits per heavy atom. The standard InChI is InChI=1S/C13H13N3O2/c17-13-3-5-14-12-7-10(1-2-11(12)13)16-6-4-9(8-16)15-18/h1-3,5,7,18H,4,6,8H2,(H,14,17). The molecule has 1 saturated heterocycles. The molecule has 0 saturated carbocycles. The maximum Gasteiger partial charge on any atom is 0.189 e. The molecule has 3 rings (SSSR count). The zero-order chi connectivity index (χ0) is 12.5. The molecule has 2 aromatic rings. The third-order valence-corrected chi connectivity index (χ3v) is 3.29. The van der Waals surface area contributed by atoms with Gasteiger partial charge in [-0.15, -0.1) is 0 Å². The number of hydrogen-bond donors (Lipinski definition) is 2. The molecule has 2 heterocycles. The molecular weight excluding hydrogens is 230 g/mol. The number of H-pyrrole nitrogens is 1. The Morgan fingerprint density at radius 2 is 2.22 bits per heavy atom. The number of pyridine rings is 1. The summed E-state index contributed by atoms with van der Waals surface area (Å²) in [5.41, 5.74) is 2.67. The molecule has 0 radical (unpaired) electrons. The van der Waals surface area contributed by atoms with Gasteiger partial charge in [0.2, 0.25) is 0 Å². The summed E-state index contributed by atoms with van der Waals surface area (Å²) in [7, 11) is 0. The Labute approximate surface area is 103 Å². The Hall–Kier alpha value is -2.30. The Bertz CT molecular complexity index is 675. The van der Waals surface area contributed by atoms with Crippen molar-refractivity contribution in [1.82, 2.24) is 4.98 Å². The molecule has 0 atom stereocenters. The summed E-state index contributed by atoms with van der Waals surface area (Å²) in [6.07, 6.45) is 2.43. The van der Waals surface area contributed by atoms with E-state index in [4.69, 9.17) is 5.21 Å². The summed E-state index contributed by atoms with van der Waals surface area (Å²) in [5.74, 6) is 0. The number of nitrogens with one attached hydrogen (secondary N) is 1. The number of fused-ring (bicyclic) bond motifs is 1. The van der Waals surface area contributed by atoms with Crippen molar-refractivity contribution in [1.29, 1.82) is 0 Å². The van der Waals surface area contributed by atoms with Gasteiger partial charge in [-0.3, -0.25) is 4.79 Å². The van der Waals surface area contributed by atoms with E-state index in [0.717, 1.165) is 29.9 Å². The minimum Gasteiger partial charge on any atom is -0.411 e. The third-order valence-electron chi connectivity index (χ3n) is 3.29. The van der Waals surface area contributed by atoms with Crippen LogP contribution in [0.4, 0.5) is 5.69 Å². The van der Waals surface area contributed by atoms with E-state index >= 15 is 0 Å². The number of rotatable bonds is 1. The van der Waals surface area contributed by atoms with Crippen LogP contribution < -0.4 is 10.3 Å². The van der Waals surface area contributed by atoms with E-state index in [1.54, 1.807) is 6.20 Å². The number of oxime groups is 1. The van der Waals surface area contributed by atoms with Crippen LogP contribution in [0, 0.1) is 0 Å². The van der Waals surface area contributed by atoms with Crippen LogP contribution in [0.15, 0.2) is 40.4 Å².